The largest absolute Gasteiger partial charge is 0.481 e. The van der Waals surface area contributed by atoms with Gasteiger partial charge in [-0.25, -0.2) is 4.79 Å². The first-order valence-electron chi connectivity index (χ1n) is 11.1. The van der Waals surface area contributed by atoms with Crippen LogP contribution in [0.25, 0.3) is 0 Å². The molecule has 1 aliphatic heterocycles. The van der Waals surface area contributed by atoms with Crippen LogP contribution in [0.4, 0.5) is 0 Å². The molecule has 35 heavy (non-hydrogen) atoms. The molecular weight excluding hydrogens is 466 g/mol. The van der Waals surface area contributed by atoms with Gasteiger partial charge in [-0.05, 0) is 38.0 Å². The lowest BCUT2D eigenvalue weighted by molar-refractivity contribution is -0.142. The maximum absolute atomic E-state index is 12.3. The van der Waals surface area contributed by atoms with Crippen molar-refractivity contribution in [3.63, 3.8) is 0 Å². The number of nitrogens with two attached hydrogens (primary N) is 1. The average Bonchev–Trinajstić information content (AvgIpc) is 3.13. The summed E-state index contributed by atoms with van der Waals surface area (Å²) in [6, 6.07) is -0.775. The van der Waals surface area contributed by atoms with Crippen molar-refractivity contribution in [3.8, 4) is 0 Å². The first-order chi connectivity index (χ1) is 16.2. The minimum absolute atomic E-state index is 0.140. The van der Waals surface area contributed by atoms with E-state index in [-0.39, 0.29) is 17.9 Å². The number of fused-ring (bicyclic) bond motifs is 1. The summed E-state index contributed by atoms with van der Waals surface area (Å²) in [5, 5.41) is 47.2. The Morgan fingerprint density at radius 2 is 1.46 bits per heavy atom. The Balaban J connectivity index is 0. The van der Waals surface area contributed by atoms with Gasteiger partial charge < -0.3 is 42.1 Å². The smallest absolute Gasteiger partial charge is 0.326 e. The zero-order chi connectivity index (χ0) is 27.6. The average molecular weight is 506 g/mol. The summed E-state index contributed by atoms with van der Waals surface area (Å²) in [4.78, 5) is 50.6. The fourth-order valence-corrected chi connectivity index (χ4v) is 3.58. The van der Waals surface area contributed by atoms with Crippen LogP contribution >= 0.6 is 0 Å². The molecule has 0 aromatic heterocycles. The third-order valence-electron chi connectivity index (χ3n) is 4.78. The molecule has 10 N–H and O–H groups in total. The minimum Gasteiger partial charge on any atom is -0.481 e. The Hall–Kier alpha value is -3.42. The van der Waals surface area contributed by atoms with Gasteiger partial charge >= 0.3 is 5.97 Å². The van der Waals surface area contributed by atoms with Crippen molar-refractivity contribution < 1.29 is 44.4 Å². The highest BCUT2D eigenvalue weighted by molar-refractivity contribution is 5.87. The van der Waals surface area contributed by atoms with Crippen LogP contribution in [0, 0.1) is 11.3 Å². The van der Waals surface area contributed by atoms with Crippen molar-refractivity contribution >= 4 is 35.7 Å². The van der Waals surface area contributed by atoms with Gasteiger partial charge in [0.2, 0.25) is 5.91 Å². The number of carboxylic acid groups (broad SMARTS) is 4. The first-order valence-corrected chi connectivity index (χ1v) is 11.1. The number of rotatable bonds is 7. The van der Waals surface area contributed by atoms with Gasteiger partial charge in [0.05, 0.1) is 6.04 Å². The molecular formula is C21H39N5O9. The summed E-state index contributed by atoms with van der Waals surface area (Å²) in [6.07, 6.45) is 6.30. The third kappa shape index (κ3) is 20.9. The SMILES string of the molecule is CC(=O)O.CC(=O)O.CC(=O)O.N=C(N)NCCCC(NC(=O)C1CC2CCCC[C@@H]2N1)C(=O)O. The summed E-state index contributed by atoms with van der Waals surface area (Å²) in [7, 11) is 0. The number of carbonyl (C=O) groups is 5. The lowest BCUT2D eigenvalue weighted by Crippen LogP contribution is -2.49. The van der Waals surface area contributed by atoms with Crippen LogP contribution in [0.1, 0.15) is 65.7 Å². The Bertz CT molecular complexity index is 663. The molecule has 14 nitrogen and oxygen atoms in total. The minimum atomic E-state index is -1.03. The second-order valence-corrected chi connectivity index (χ2v) is 8.05. The Kier molecular flexibility index (Phi) is 18.3. The maximum atomic E-state index is 12.3. The molecule has 2 fully saturated rings. The van der Waals surface area contributed by atoms with Crippen LogP contribution in [0.5, 0.6) is 0 Å². The number of aliphatic carboxylic acids is 4. The number of nitrogens with one attached hydrogen (secondary N) is 4. The van der Waals surface area contributed by atoms with Gasteiger partial charge in [0, 0.05) is 33.4 Å². The second-order valence-electron chi connectivity index (χ2n) is 8.05. The lowest BCUT2D eigenvalue weighted by Gasteiger charge is -2.24. The van der Waals surface area contributed by atoms with Gasteiger partial charge in [0.1, 0.15) is 6.04 Å². The number of carbonyl (C=O) groups excluding carboxylic acids is 1. The summed E-state index contributed by atoms with van der Waals surface area (Å²) >= 11 is 0. The molecule has 2 rings (SSSR count). The number of amides is 1. The normalized spacial score (nSPS) is 20.4. The van der Waals surface area contributed by atoms with Gasteiger partial charge in [-0.3, -0.25) is 24.6 Å². The quantitative estimate of drug-likeness (QED) is 0.126. The molecule has 0 spiro atoms. The molecule has 1 heterocycles. The number of hydrogen-bond donors (Lipinski definition) is 9. The van der Waals surface area contributed by atoms with Gasteiger partial charge in [0.15, 0.2) is 5.96 Å². The molecule has 0 bridgehead atoms. The van der Waals surface area contributed by atoms with Crippen molar-refractivity contribution in [3.05, 3.63) is 0 Å². The van der Waals surface area contributed by atoms with E-state index in [9.17, 15) is 14.7 Å². The van der Waals surface area contributed by atoms with Crippen molar-refractivity contribution in [1.82, 2.24) is 16.0 Å². The van der Waals surface area contributed by atoms with Gasteiger partial charge in [-0.1, -0.05) is 12.8 Å². The van der Waals surface area contributed by atoms with E-state index in [0.29, 0.717) is 31.3 Å². The number of carboxylic acids is 4. The number of guanidine groups is 1. The molecule has 0 radical (unpaired) electrons. The zero-order valence-electron chi connectivity index (χ0n) is 20.4. The van der Waals surface area contributed by atoms with Crippen LogP contribution in [0.3, 0.4) is 0 Å². The van der Waals surface area contributed by atoms with Crippen molar-refractivity contribution in [2.75, 3.05) is 6.54 Å². The summed E-state index contributed by atoms with van der Waals surface area (Å²) in [6.45, 7) is 3.67. The molecule has 14 heteroatoms. The van der Waals surface area contributed by atoms with Crippen LogP contribution in [0.2, 0.25) is 0 Å². The number of hydrogen-bond acceptors (Lipinski definition) is 7. The van der Waals surface area contributed by atoms with E-state index in [2.05, 4.69) is 16.0 Å². The summed E-state index contributed by atoms with van der Waals surface area (Å²) in [5.74, 6) is -3.34. The molecule has 4 atom stereocenters. The Labute approximate surface area is 204 Å². The first kappa shape index (κ1) is 33.8. The molecule has 0 aromatic carbocycles. The fraction of sp³-hybridized carbons (Fsp3) is 0.714. The molecule has 0 aromatic rings. The highest BCUT2D eigenvalue weighted by atomic mass is 16.4. The van der Waals surface area contributed by atoms with Crippen LogP contribution in [-0.2, 0) is 24.0 Å². The molecule has 1 saturated carbocycles. The molecule has 1 aliphatic carbocycles. The van der Waals surface area contributed by atoms with E-state index in [4.69, 9.17) is 40.8 Å². The van der Waals surface area contributed by atoms with E-state index < -0.39 is 29.9 Å². The summed E-state index contributed by atoms with van der Waals surface area (Å²) in [5.41, 5.74) is 5.17. The molecule has 2 aliphatic rings. The van der Waals surface area contributed by atoms with Crippen molar-refractivity contribution in [2.45, 2.75) is 83.8 Å². The highest BCUT2D eigenvalue weighted by Crippen LogP contribution is 2.33. The maximum Gasteiger partial charge on any atom is 0.326 e. The topological polar surface area (TPSA) is 252 Å². The van der Waals surface area contributed by atoms with Crippen LogP contribution < -0.4 is 21.7 Å². The summed E-state index contributed by atoms with van der Waals surface area (Å²) < 4.78 is 0. The van der Waals surface area contributed by atoms with Crippen LogP contribution in [0.15, 0.2) is 0 Å². The zero-order valence-corrected chi connectivity index (χ0v) is 20.4. The van der Waals surface area contributed by atoms with Gasteiger partial charge in [0.25, 0.3) is 17.9 Å². The molecule has 1 saturated heterocycles. The van der Waals surface area contributed by atoms with E-state index >= 15 is 0 Å². The van der Waals surface area contributed by atoms with Gasteiger partial charge in [-0.2, -0.15) is 0 Å². The van der Waals surface area contributed by atoms with E-state index in [1.165, 1.54) is 12.8 Å². The molecule has 1 amide bonds. The Morgan fingerprint density at radius 3 is 1.89 bits per heavy atom. The van der Waals surface area contributed by atoms with E-state index in [0.717, 1.165) is 40.0 Å². The van der Waals surface area contributed by atoms with Crippen molar-refractivity contribution in [2.24, 2.45) is 11.7 Å². The van der Waals surface area contributed by atoms with Crippen molar-refractivity contribution in [1.29, 1.82) is 5.41 Å². The predicted molar refractivity (Wildman–Crippen MR) is 126 cm³/mol. The van der Waals surface area contributed by atoms with Crippen LogP contribution in [-0.4, -0.2) is 80.8 Å². The second kappa shape index (κ2) is 18.9. The predicted octanol–water partition coefficient (Wildman–Crippen LogP) is 0.0125. The third-order valence-corrected chi connectivity index (χ3v) is 4.78. The molecule has 202 valence electrons. The van der Waals surface area contributed by atoms with E-state index in [1.807, 2.05) is 0 Å². The highest BCUT2D eigenvalue weighted by Gasteiger charge is 2.39. The monoisotopic (exact) mass is 505 g/mol. The van der Waals surface area contributed by atoms with E-state index in [1.54, 1.807) is 0 Å². The lowest BCUT2D eigenvalue weighted by atomic mass is 9.85. The molecule has 3 unspecified atom stereocenters. The Morgan fingerprint density at radius 1 is 0.971 bits per heavy atom. The van der Waals surface area contributed by atoms with Gasteiger partial charge in [-0.15, -0.1) is 0 Å². The standard InChI is InChI=1S/C15H27N5O3.3C2H4O2/c16-15(17)18-7-3-6-11(14(22)23)20-13(21)12-8-9-4-1-2-5-10(9)19-12;3*1-2(3)4/h9-12,19H,1-8H2,(H,20,21)(H,22,23)(H4,16,17,18);3*1H3,(H,3,4)/t9?,10-,11?,12?;;;/m0.../s1. The fourth-order valence-electron chi connectivity index (χ4n) is 3.58.